The predicted molar refractivity (Wildman–Crippen MR) is 98.4 cm³/mol. The number of amides is 1. The van der Waals surface area contributed by atoms with Crippen LogP contribution in [-0.2, 0) is 16.8 Å². The van der Waals surface area contributed by atoms with Gasteiger partial charge in [0, 0.05) is 12.0 Å². The molecule has 2 aromatic carbocycles. The van der Waals surface area contributed by atoms with Gasteiger partial charge in [-0.25, -0.2) is 0 Å². The molecule has 0 saturated carbocycles. The molecule has 2 rings (SSSR count). The van der Waals surface area contributed by atoms with Gasteiger partial charge >= 0.3 is 12.1 Å². The molecule has 0 aromatic heterocycles. The summed E-state index contributed by atoms with van der Waals surface area (Å²) in [5.41, 5.74) is 1.57. The van der Waals surface area contributed by atoms with Gasteiger partial charge in [0.2, 0.25) is 0 Å². The number of nitrogens with one attached hydrogen (secondary N) is 1. The maximum atomic E-state index is 12.2. The molecule has 0 aliphatic rings. The number of benzene rings is 2. The van der Waals surface area contributed by atoms with E-state index < -0.39 is 17.5 Å². The maximum Gasteiger partial charge on any atom is 0.471 e. The topological polar surface area (TPSA) is 38.3 Å². The summed E-state index contributed by atoms with van der Waals surface area (Å²) >= 11 is 0. The summed E-state index contributed by atoms with van der Waals surface area (Å²) in [6.07, 6.45) is -1.59. The number of hydrogen-bond donors (Lipinski definition) is 1. The number of ether oxygens (including phenoxy) is 1. The highest BCUT2D eigenvalue weighted by Crippen LogP contribution is 2.28. The van der Waals surface area contributed by atoms with Crippen LogP contribution in [0.5, 0.6) is 5.75 Å². The molecule has 0 radical (unpaired) electrons. The monoisotopic (exact) mass is 377 g/mol. The van der Waals surface area contributed by atoms with Crippen LogP contribution in [0.1, 0.15) is 25.0 Å². The number of hydrogen-bond acceptors (Lipinski definition) is 2. The second-order valence-electron chi connectivity index (χ2n) is 6.63. The van der Waals surface area contributed by atoms with Crippen molar-refractivity contribution >= 4 is 5.91 Å². The van der Waals surface area contributed by atoms with Gasteiger partial charge in [-0.1, -0.05) is 68.5 Å². The van der Waals surface area contributed by atoms with E-state index in [-0.39, 0.29) is 6.54 Å². The Bertz CT molecular complexity index is 784. The molecule has 0 spiro atoms. The van der Waals surface area contributed by atoms with Gasteiger partial charge in [-0.15, -0.1) is 0 Å². The summed E-state index contributed by atoms with van der Waals surface area (Å²) in [7, 11) is 0. The fourth-order valence-electron chi connectivity index (χ4n) is 2.43. The van der Waals surface area contributed by atoms with Crippen molar-refractivity contribution in [1.82, 2.24) is 5.32 Å². The lowest BCUT2D eigenvalue weighted by atomic mass is 9.84. The number of carbonyl (C=O) groups excluding carboxylic acids is 1. The van der Waals surface area contributed by atoms with E-state index in [9.17, 15) is 18.0 Å². The Morgan fingerprint density at radius 1 is 1.07 bits per heavy atom. The van der Waals surface area contributed by atoms with Crippen molar-refractivity contribution in [2.75, 3.05) is 6.54 Å². The van der Waals surface area contributed by atoms with Gasteiger partial charge in [0.05, 0.1) is 0 Å². The van der Waals surface area contributed by atoms with Crippen LogP contribution in [0.15, 0.2) is 66.7 Å². The summed E-state index contributed by atoms with van der Waals surface area (Å²) < 4.78 is 42.3. The first-order valence-corrected chi connectivity index (χ1v) is 8.48. The van der Waals surface area contributed by atoms with Gasteiger partial charge < -0.3 is 10.1 Å². The Morgan fingerprint density at radius 3 is 2.44 bits per heavy atom. The lowest BCUT2D eigenvalue weighted by molar-refractivity contribution is -0.173. The molecule has 0 heterocycles. The van der Waals surface area contributed by atoms with E-state index in [1.807, 2.05) is 73.8 Å². The van der Waals surface area contributed by atoms with Crippen molar-refractivity contribution in [3.8, 4) is 5.75 Å². The quantitative estimate of drug-likeness (QED) is 0.706. The Morgan fingerprint density at radius 2 is 1.78 bits per heavy atom. The second-order valence-corrected chi connectivity index (χ2v) is 6.63. The molecule has 0 bridgehead atoms. The smallest absolute Gasteiger partial charge is 0.471 e. The van der Waals surface area contributed by atoms with E-state index in [0.717, 1.165) is 11.1 Å². The highest BCUT2D eigenvalue weighted by Gasteiger charge is 2.38. The Kier molecular flexibility index (Phi) is 6.66. The average Bonchev–Trinajstić information content (AvgIpc) is 2.64. The highest BCUT2D eigenvalue weighted by atomic mass is 19.4. The van der Waals surface area contributed by atoms with Crippen molar-refractivity contribution in [2.24, 2.45) is 0 Å². The molecule has 27 heavy (non-hydrogen) atoms. The summed E-state index contributed by atoms with van der Waals surface area (Å²) in [5, 5.41) is 1.82. The molecule has 3 nitrogen and oxygen atoms in total. The summed E-state index contributed by atoms with van der Waals surface area (Å²) in [5.74, 6) is -1.23. The first kappa shape index (κ1) is 20.6. The molecule has 0 aliphatic heterocycles. The van der Waals surface area contributed by atoms with Crippen LogP contribution in [0.4, 0.5) is 13.2 Å². The zero-order chi connectivity index (χ0) is 19.9. The van der Waals surface area contributed by atoms with Crippen LogP contribution in [0.25, 0.3) is 0 Å². The van der Waals surface area contributed by atoms with Gasteiger partial charge in [0.1, 0.15) is 12.4 Å². The van der Waals surface area contributed by atoms with Crippen molar-refractivity contribution in [2.45, 2.75) is 32.0 Å². The van der Waals surface area contributed by atoms with Crippen LogP contribution in [0.2, 0.25) is 0 Å². The van der Waals surface area contributed by atoms with E-state index in [2.05, 4.69) is 0 Å². The molecule has 0 fully saturated rings. The minimum absolute atomic E-state index is 0.189. The van der Waals surface area contributed by atoms with Gasteiger partial charge in [0.25, 0.3) is 0 Å². The summed E-state index contributed by atoms with van der Waals surface area (Å²) in [4.78, 5) is 10.8. The Labute approximate surface area is 156 Å². The van der Waals surface area contributed by atoms with Gasteiger partial charge in [0.15, 0.2) is 0 Å². The predicted octanol–water partition coefficient (Wildman–Crippen LogP) is 4.78. The third-order valence-electron chi connectivity index (χ3n) is 4.00. The third kappa shape index (κ3) is 6.47. The van der Waals surface area contributed by atoms with Crippen molar-refractivity contribution in [3.63, 3.8) is 0 Å². The standard InChI is InChI=1S/C21H22F3NO2/c1-20(2,12-7-13-25-19(26)21(22,23)24)17-10-6-11-18(14-17)27-15-16-8-4-3-5-9-16/h3-12,14H,13,15H2,1-2H3,(H,25,26). The molecule has 0 aliphatic carbocycles. The molecule has 144 valence electrons. The van der Waals surface area contributed by atoms with Crippen LogP contribution < -0.4 is 10.1 Å². The molecule has 0 atom stereocenters. The molecule has 0 unspecified atom stereocenters. The van der Waals surface area contributed by atoms with Crippen molar-refractivity contribution in [1.29, 1.82) is 0 Å². The molecule has 1 amide bonds. The Balaban J connectivity index is 1.97. The molecular formula is C21H22F3NO2. The first-order chi connectivity index (χ1) is 12.7. The number of allylic oxidation sites excluding steroid dienone is 1. The van der Waals surface area contributed by atoms with E-state index in [1.54, 1.807) is 6.08 Å². The zero-order valence-electron chi connectivity index (χ0n) is 15.2. The molecular weight excluding hydrogens is 355 g/mol. The maximum absolute atomic E-state index is 12.2. The number of rotatable bonds is 7. The normalized spacial score (nSPS) is 12.2. The van der Waals surface area contributed by atoms with Gasteiger partial charge in [-0.05, 0) is 23.3 Å². The van der Waals surface area contributed by atoms with E-state index >= 15 is 0 Å². The third-order valence-corrected chi connectivity index (χ3v) is 4.00. The fraction of sp³-hybridized carbons (Fsp3) is 0.286. The van der Waals surface area contributed by atoms with E-state index in [1.165, 1.54) is 6.08 Å². The zero-order valence-corrected chi connectivity index (χ0v) is 15.2. The minimum atomic E-state index is -4.87. The fourth-order valence-corrected chi connectivity index (χ4v) is 2.43. The largest absolute Gasteiger partial charge is 0.489 e. The minimum Gasteiger partial charge on any atom is -0.489 e. The van der Waals surface area contributed by atoms with E-state index in [0.29, 0.717) is 12.4 Å². The average molecular weight is 377 g/mol. The molecule has 6 heteroatoms. The Hall–Kier alpha value is -2.76. The highest BCUT2D eigenvalue weighted by molar-refractivity contribution is 5.81. The van der Waals surface area contributed by atoms with Crippen LogP contribution in [0.3, 0.4) is 0 Å². The number of halogens is 3. The van der Waals surface area contributed by atoms with Gasteiger partial charge in [-0.2, -0.15) is 13.2 Å². The van der Waals surface area contributed by atoms with Crippen molar-refractivity contribution < 1.29 is 22.7 Å². The van der Waals surface area contributed by atoms with E-state index in [4.69, 9.17) is 4.74 Å². The molecule has 0 saturated heterocycles. The lowest BCUT2D eigenvalue weighted by Gasteiger charge is -2.22. The second kappa shape index (κ2) is 8.75. The number of alkyl halides is 3. The SMILES string of the molecule is CC(C)(C=CCNC(=O)C(F)(F)F)c1cccc(OCc2ccccc2)c1. The van der Waals surface area contributed by atoms with Crippen LogP contribution in [-0.4, -0.2) is 18.6 Å². The molecule has 2 aromatic rings. The number of carbonyl (C=O) groups is 1. The molecule has 1 N–H and O–H groups in total. The summed E-state index contributed by atoms with van der Waals surface area (Å²) in [6, 6.07) is 17.3. The van der Waals surface area contributed by atoms with Crippen LogP contribution >= 0.6 is 0 Å². The van der Waals surface area contributed by atoms with Gasteiger partial charge in [-0.3, -0.25) is 4.79 Å². The first-order valence-electron chi connectivity index (χ1n) is 8.48. The van der Waals surface area contributed by atoms with Crippen molar-refractivity contribution in [3.05, 3.63) is 77.9 Å². The summed E-state index contributed by atoms with van der Waals surface area (Å²) in [6.45, 7) is 4.13. The lowest BCUT2D eigenvalue weighted by Crippen LogP contribution is -2.36. The van der Waals surface area contributed by atoms with Crippen LogP contribution in [0, 0.1) is 0 Å².